The second-order valence-corrected chi connectivity index (χ2v) is 14.7. The molecule has 0 radical (unpaired) electrons. The molecule has 1 unspecified atom stereocenters. The summed E-state index contributed by atoms with van der Waals surface area (Å²) in [5.74, 6) is -0.186. The molecule has 0 spiro atoms. The molecule has 9 nitrogen and oxygen atoms in total. The summed E-state index contributed by atoms with van der Waals surface area (Å²) < 4.78 is 40.6. The van der Waals surface area contributed by atoms with E-state index in [2.05, 4.69) is 5.32 Å². The normalized spacial score (nSPS) is 12.1. The van der Waals surface area contributed by atoms with Crippen molar-refractivity contribution in [3.05, 3.63) is 119 Å². The number of methoxy groups -OCH3 is 2. The van der Waals surface area contributed by atoms with Gasteiger partial charge in [-0.15, -0.1) is 0 Å². The van der Waals surface area contributed by atoms with Gasteiger partial charge in [0.15, 0.2) is 11.5 Å². The van der Waals surface area contributed by atoms with Crippen molar-refractivity contribution < 1.29 is 27.5 Å². The summed E-state index contributed by atoms with van der Waals surface area (Å²) in [6.07, 6.45) is 0.224. The molecule has 0 saturated heterocycles. The Labute approximate surface area is 284 Å². The number of amides is 2. The number of rotatable bonds is 13. The van der Waals surface area contributed by atoms with Crippen molar-refractivity contribution in [2.45, 2.75) is 64.1 Å². The van der Waals surface area contributed by atoms with E-state index in [0.29, 0.717) is 11.5 Å². The highest BCUT2D eigenvalue weighted by Gasteiger charge is 2.36. The maximum atomic E-state index is 14.7. The van der Waals surface area contributed by atoms with E-state index in [4.69, 9.17) is 9.47 Å². The molecule has 0 heterocycles. The van der Waals surface area contributed by atoms with E-state index in [0.717, 1.165) is 26.6 Å². The maximum absolute atomic E-state index is 14.7. The zero-order valence-electron chi connectivity index (χ0n) is 28.7. The van der Waals surface area contributed by atoms with E-state index in [1.807, 2.05) is 89.2 Å². The Hall–Kier alpha value is -4.83. The highest BCUT2D eigenvalue weighted by molar-refractivity contribution is 7.92. The molecule has 0 saturated carbocycles. The average molecular weight is 672 g/mol. The van der Waals surface area contributed by atoms with Crippen molar-refractivity contribution in [2.24, 2.45) is 0 Å². The molecule has 10 heteroatoms. The van der Waals surface area contributed by atoms with Crippen molar-refractivity contribution in [3.8, 4) is 11.5 Å². The van der Waals surface area contributed by atoms with E-state index < -0.39 is 34.1 Å². The molecule has 2 amide bonds. The standard InChI is InChI=1S/C38H45N3O6S/c1-27-13-17-30(18-14-27)25-40(33(37(43)39-38(3,4)5)23-29-11-9-8-10-12-29)36(42)26-41(31-19-22-34(46-6)35(24-31)47-7)48(44,45)32-20-15-28(2)16-21-32/h8-22,24,33H,23,25-26H2,1-7H3,(H,39,43). The predicted molar refractivity (Wildman–Crippen MR) is 189 cm³/mol. The first-order chi connectivity index (χ1) is 22.7. The van der Waals surface area contributed by atoms with Crippen LogP contribution in [0.4, 0.5) is 5.69 Å². The van der Waals surface area contributed by atoms with Gasteiger partial charge in [0.25, 0.3) is 10.0 Å². The quantitative estimate of drug-likeness (QED) is 0.185. The average Bonchev–Trinajstić information content (AvgIpc) is 3.05. The Morgan fingerprint density at radius 1 is 0.771 bits per heavy atom. The molecule has 0 aromatic heterocycles. The number of sulfonamides is 1. The van der Waals surface area contributed by atoms with E-state index in [1.54, 1.807) is 24.3 Å². The third-order valence-electron chi connectivity index (χ3n) is 7.79. The smallest absolute Gasteiger partial charge is 0.264 e. The summed E-state index contributed by atoms with van der Waals surface area (Å²) in [5.41, 5.74) is 3.22. The minimum absolute atomic E-state index is 0.0204. The largest absolute Gasteiger partial charge is 0.493 e. The Kier molecular flexibility index (Phi) is 11.5. The van der Waals surface area contributed by atoms with Crippen molar-refractivity contribution >= 4 is 27.5 Å². The third kappa shape index (κ3) is 9.16. The number of anilines is 1. The number of hydrogen-bond donors (Lipinski definition) is 1. The summed E-state index contributed by atoms with van der Waals surface area (Å²) in [5, 5.41) is 3.05. The number of hydrogen-bond acceptors (Lipinski definition) is 6. The van der Waals surface area contributed by atoms with Crippen LogP contribution < -0.4 is 19.1 Å². The highest BCUT2D eigenvalue weighted by Crippen LogP contribution is 2.34. The number of nitrogens with zero attached hydrogens (tertiary/aromatic N) is 2. The molecular formula is C38H45N3O6S. The molecule has 1 atom stereocenters. The number of ether oxygens (including phenoxy) is 2. The van der Waals surface area contributed by atoms with Crippen LogP contribution >= 0.6 is 0 Å². The Morgan fingerprint density at radius 3 is 1.92 bits per heavy atom. The van der Waals surface area contributed by atoms with Gasteiger partial charge in [0, 0.05) is 24.6 Å². The second-order valence-electron chi connectivity index (χ2n) is 12.8. The molecule has 1 N–H and O–H groups in total. The summed E-state index contributed by atoms with van der Waals surface area (Å²) >= 11 is 0. The zero-order valence-corrected chi connectivity index (χ0v) is 29.5. The van der Waals surface area contributed by atoms with Gasteiger partial charge < -0.3 is 19.7 Å². The van der Waals surface area contributed by atoms with E-state index >= 15 is 0 Å². The van der Waals surface area contributed by atoms with Crippen LogP contribution in [0.3, 0.4) is 0 Å². The van der Waals surface area contributed by atoms with Gasteiger partial charge in [-0.25, -0.2) is 8.42 Å². The van der Waals surface area contributed by atoms with E-state index in [-0.39, 0.29) is 29.5 Å². The molecule has 254 valence electrons. The fourth-order valence-electron chi connectivity index (χ4n) is 5.24. The summed E-state index contributed by atoms with van der Waals surface area (Å²) in [7, 11) is -1.33. The second kappa shape index (κ2) is 15.4. The molecule has 48 heavy (non-hydrogen) atoms. The predicted octanol–water partition coefficient (Wildman–Crippen LogP) is 6.07. The first-order valence-corrected chi connectivity index (χ1v) is 17.2. The van der Waals surface area contributed by atoms with Gasteiger partial charge in [-0.1, -0.05) is 77.9 Å². The summed E-state index contributed by atoms with van der Waals surface area (Å²) in [4.78, 5) is 30.2. The fraction of sp³-hybridized carbons (Fsp3) is 0.316. The SMILES string of the molecule is COc1ccc(N(CC(=O)N(Cc2ccc(C)cc2)C(Cc2ccccc2)C(=O)NC(C)(C)C)S(=O)(=O)c2ccc(C)cc2)cc1OC. The van der Waals surface area contributed by atoms with Gasteiger partial charge >= 0.3 is 0 Å². The third-order valence-corrected chi connectivity index (χ3v) is 9.57. The molecule has 4 aromatic rings. The van der Waals surface area contributed by atoms with Gasteiger partial charge in [0.05, 0.1) is 24.8 Å². The summed E-state index contributed by atoms with van der Waals surface area (Å²) in [6, 6.07) is 27.3. The molecule has 0 aliphatic rings. The lowest BCUT2D eigenvalue weighted by molar-refractivity contribution is -0.140. The number of benzene rings is 4. The van der Waals surface area contributed by atoms with Crippen LogP contribution in [-0.2, 0) is 32.6 Å². The van der Waals surface area contributed by atoms with E-state index in [1.165, 1.54) is 37.3 Å². The first-order valence-electron chi connectivity index (χ1n) is 15.7. The first kappa shape index (κ1) is 36.0. The van der Waals surface area contributed by atoms with Gasteiger partial charge in [-0.3, -0.25) is 13.9 Å². The van der Waals surface area contributed by atoms with Crippen LogP contribution in [-0.4, -0.2) is 57.5 Å². The van der Waals surface area contributed by atoms with Crippen molar-refractivity contribution in [2.75, 3.05) is 25.1 Å². The lowest BCUT2D eigenvalue weighted by Gasteiger charge is -2.35. The lowest BCUT2D eigenvalue weighted by Crippen LogP contribution is -2.56. The number of carbonyl (C=O) groups excluding carboxylic acids is 2. The monoisotopic (exact) mass is 671 g/mol. The van der Waals surface area contributed by atoms with Gasteiger partial charge in [0.2, 0.25) is 11.8 Å². The minimum atomic E-state index is -4.27. The Balaban J connectivity index is 1.85. The highest BCUT2D eigenvalue weighted by atomic mass is 32.2. The topological polar surface area (TPSA) is 105 Å². The molecule has 0 aliphatic heterocycles. The van der Waals surface area contributed by atoms with Gasteiger partial charge in [0.1, 0.15) is 12.6 Å². The van der Waals surface area contributed by atoms with Crippen LogP contribution in [0, 0.1) is 13.8 Å². The Bertz CT molecular complexity index is 1800. The summed E-state index contributed by atoms with van der Waals surface area (Å²) in [6.45, 7) is 8.98. The van der Waals surface area contributed by atoms with Crippen LogP contribution in [0.15, 0.2) is 102 Å². The van der Waals surface area contributed by atoms with Crippen LogP contribution in [0.5, 0.6) is 11.5 Å². The molecule has 0 fully saturated rings. The number of carbonyl (C=O) groups is 2. The van der Waals surface area contributed by atoms with Crippen LogP contribution in [0.25, 0.3) is 0 Å². The molecule has 4 aromatic carbocycles. The zero-order chi connectivity index (χ0) is 35.1. The number of aryl methyl sites for hydroxylation is 2. The van der Waals surface area contributed by atoms with Crippen LogP contribution in [0.2, 0.25) is 0 Å². The van der Waals surface area contributed by atoms with Crippen molar-refractivity contribution in [3.63, 3.8) is 0 Å². The molecule has 4 rings (SSSR count). The minimum Gasteiger partial charge on any atom is -0.493 e. The van der Waals surface area contributed by atoms with Crippen molar-refractivity contribution in [1.29, 1.82) is 0 Å². The van der Waals surface area contributed by atoms with Crippen LogP contribution in [0.1, 0.15) is 43.0 Å². The fourth-order valence-corrected chi connectivity index (χ4v) is 6.65. The van der Waals surface area contributed by atoms with Gasteiger partial charge in [-0.2, -0.15) is 0 Å². The maximum Gasteiger partial charge on any atom is 0.264 e. The molecule has 0 bridgehead atoms. The number of nitrogens with one attached hydrogen (secondary N) is 1. The van der Waals surface area contributed by atoms with Crippen molar-refractivity contribution in [1.82, 2.24) is 10.2 Å². The molecule has 0 aliphatic carbocycles. The Morgan fingerprint density at radius 2 is 1.35 bits per heavy atom. The molecular weight excluding hydrogens is 627 g/mol. The lowest BCUT2D eigenvalue weighted by atomic mass is 10.0. The van der Waals surface area contributed by atoms with E-state index in [9.17, 15) is 18.0 Å². The van der Waals surface area contributed by atoms with Gasteiger partial charge in [-0.05, 0) is 70.0 Å².